The number of halogens is 21. The van der Waals surface area contributed by atoms with Crippen LogP contribution in [0.4, 0.5) is 0 Å². The van der Waals surface area contributed by atoms with Gasteiger partial charge >= 0.3 is 41.8 Å². The number of hydrogen-bond donors (Lipinski definition) is 0. The van der Waals surface area contributed by atoms with Crippen molar-refractivity contribution in [2.24, 2.45) is 29.1 Å². The summed E-state index contributed by atoms with van der Waals surface area (Å²) in [5, 5.41) is 75.7. The van der Waals surface area contributed by atoms with E-state index in [0.717, 1.165) is 146 Å². The van der Waals surface area contributed by atoms with Crippen molar-refractivity contribution in [3.05, 3.63) is 199 Å². The second-order valence-electron chi connectivity index (χ2n) is 35.4. The van der Waals surface area contributed by atoms with Crippen molar-refractivity contribution < 1.29 is 136 Å². The van der Waals surface area contributed by atoms with Crippen LogP contribution in [0.2, 0.25) is 0 Å². The summed E-state index contributed by atoms with van der Waals surface area (Å²) in [5.74, 6) is -11.2. The van der Waals surface area contributed by atoms with Crippen LogP contribution in [0.1, 0.15) is 276 Å². The largest absolute Gasteiger partial charge is 0.550 e. The summed E-state index contributed by atoms with van der Waals surface area (Å²) in [7, 11) is 0. The number of aliphatic carboxylic acids is 7. The highest BCUT2D eigenvalue weighted by molar-refractivity contribution is 14.1. The lowest BCUT2D eigenvalue weighted by molar-refractivity contribution is -0.310. The Labute approximate surface area is 1150 Å². The van der Waals surface area contributed by atoms with Crippen molar-refractivity contribution in [1.29, 1.82) is 0 Å². The highest BCUT2D eigenvalue weighted by Gasteiger charge is 2.36. The van der Waals surface area contributed by atoms with Crippen LogP contribution in [0.25, 0.3) is 0 Å². The molecule has 0 bridgehead atoms. The highest BCUT2D eigenvalue weighted by Crippen LogP contribution is 2.39. The molecule has 0 aliphatic heterocycles. The standard InChI is InChI=1S/C17H19I3O4.C16H17I3O4.C15H15I3O4.C14H15I3O4.C13H13I3O4.2C12H11I3O4/c18-11-7-13(16(20)14(19)8-11)17(23)24-12(9-15(21)22)6-10-4-2-1-3-5-10;17-10-6-11(15(19)12(18)7-10)16(22)23-13(8-14(20)21)9-4-2-1-3-5-9;16-9-5-10(14(18)11(17)6-9)15(21)22-12(7-13(19)20)8-3-1-2-4-8;1-14(2,3)10(6-11(18)19)21-13(20)8-4-7(15)5-9(16)12(8)17;1-6(2)10(5-11(17)18)20-13(19)8-3-7(14)4-9(15)12(8)16;1-12(2,5-9(16)17)19-11(18)7-3-6(13)4-8(14)10(7)15;1-2-7(5-10(16)17)19-12(18)8-3-6(13)4-9(14)11(8)15/h7-8,10,12H,1-6,9H2,(H,21,22);6-7,9,13H,1-5,8H2,(H,20,21);5-6,8,12H,1-4,7H2,(H,19,20);4-5,10H,6H2,1-3H3,(H,18,19);3-4,6,10H,5H2,1-2H3,(H,17,18);3-4H,5H2,1-2H3,(H,16,17);3-4,7H,2,5H2,1H3,(H,16,17)/p-7. The smallest absolute Gasteiger partial charge is 0.339 e. The van der Waals surface area contributed by atoms with E-state index in [1.165, 1.54) is 19.3 Å². The topological polar surface area (TPSA) is 465 Å². The minimum atomic E-state index is -1.25. The third-order valence-electron chi connectivity index (χ3n) is 21.8. The number of carboxylic acid groups (broad SMARTS) is 7. The molecule has 0 aromatic heterocycles. The fourth-order valence-electron chi connectivity index (χ4n) is 14.5. The summed E-state index contributed by atoms with van der Waals surface area (Å²) < 4.78 is 57.0. The number of hydrogen-bond acceptors (Lipinski definition) is 28. The summed E-state index contributed by atoms with van der Waals surface area (Å²) >= 11 is 44.8. The van der Waals surface area contributed by atoms with E-state index in [0.29, 0.717) is 57.7 Å². The molecule has 148 heavy (non-hydrogen) atoms. The average Bonchev–Trinajstić information content (AvgIpc) is 0.859. The molecule has 7 aromatic rings. The van der Waals surface area contributed by atoms with Gasteiger partial charge in [-0.25, -0.2) is 33.6 Å². The molecule has 0 amide bonds. The van der Waals surface area contributed by atoms with E-state index in [1.54, 1.807) is 63.2 Å². The predicted molar refractivity (Wildman–Crippen MR) is 719 cm³/mol. The molecule has 812 valence electrons. The van der Waals surface area contributed by atoms with Crippen LogP contribution >= 0.6 is 474 Å². The molecule has 0 radical (unpaired) electrons. The molecule has 7 aromatic carbocycles. The third-order valence-corrected chi connectivity index (χ3v) is 47.5. The van der Waals surface area contributed by atoms with Crippen molar-refractivity contribution >= 4 is 558 Å². The number of rotatable bonds is 34. The third kappa shape index (κ3) is 52.7. The van der Waals surface area contributed by atoms with Crippen LogP contribution in [0.3, 0.4) is 0 Å². The maximum Gasteiger partial charge on any atom is 0.339 e. The lowest BCUT2D eigenvalue weighted by atomic mass is 9.84. The zero-order valence-corrected chi connectivity index (χ0v) is 125. The summed E-state index contributed by atoms with van der Waals surface area (Å²) in [6.45, 7) is 14.0. The van der Waals surface area contributed by atoms with E-state index in [-0.39, 0.29) is 62.7 Å². The van der Waals surface area contributed by atoms with Gasteiger partial charge in [0.05, 0.1) is 38.9 Å². The summed E-state index contributed by atoms with van der Waals surface area (Å²) in [4.78, 5) is 162. The number of carboxylic acids is 7. The SMILES string of the molecule is CC(C)(C)C(CC(=O)[O-])OC(=O)c1cc(I)cc(I)c1I.CC(C)(CC(=O)[O-])OC(=O)c1cc(I)cc(I)c1I.CC(C)C(CC(=O)[O-])OC(=O)c1cc(I)cc(I)c1I.CCC(CC(=O)[O-])OC(=O)c1cc(I)cc(I)c1I.O=C([O-])CC(CC1CCCCC1)OC(=O)c1cc(I)cc(I)c1I.O=C([O-])CC(OC(=O)c1cc(I)cc(I)c1I)C1CCCC1.O=C([O-])CC(OC(=O)c1cc(I)cc(I)c1I)C1CCCCC1. The Balaban J connectivity index is 0.000000360. The Hall–Kier alpha value is 2.45. The van der Waals surface area contributed by atoms with Crippen molar-refractivity contribution in [1.82, 2.24) is 0 Å². The van der Waals surface area contributed by atoms with Crippen LogP contribution in [0, 0.1) is 104 Å². The molecule has 3 saturated carbocycles. The fraction of sp³-hybridized carbons (Fsp3) is 0.434. The summed E-state index contributed by atoms with van der Waals surface area (Å²) in [6, 6.07) is 26.1. The van der Waals surface area contributed by atoms with E-state index in [2.05, 4.69) is 474 Å². The molecule has 10 rings (SSSR count). The van der Waals surface area contributed by atoms with Gasteiger partial charge < -0.3 is 102 Å². The molecule has 0 saturated heterocycles. The molecule has 3 aliphatic rings. The first-order valence-corrected chi connectivity index (χ1v) is 67.4. The molecule has 0 heterocycles. The monoisotopic (exact) mass is 4400 g/mol. The molecule has 28 nitrogen and oxygen atoms in total. The van der Waals surface area contributed by atoms with Gasteiger partial charge in [-0.15, -0.1) is 0 Å². The Morgan fingerprint density at radius 2 is 0.534 bits per heavy atom. The van der Waals surface area contributed by atoms with Crippen LogP contribution in [0.15, 0.2) is 84.9 Å². The van der Waals surface area contributed by atoms with Crippen molar-refractivity contribution in [2.75, 3.05) is 0 Å². The van der Waals surface area contributed by atoms with Crippen molar-refractivity contribution in [2.45, 2.75) is 245 Å². The van der Waals surface area contributed by atoms with E-state index in [9.17, 15) is 103 Å². The minimum Gasteiger partial charge on any atom is -0.550 e. The second kappa shape index (κ2) is 71.6. The molecule has 3 fully saturated rings. The normalized spacial score (nSPS) is 14.2. The molecular weight excluding hydrogens is 4300 g/mol. The van der Waals surface area contributed by atoms with E-state index in [1.807, 2.05) is 77.1 Å². The van der Waals surface area contributed by atoms with E-state index < -0.39 is 131 Å². The minimum absolute atomic E-state index is 0.0867. The Bertz CT molecular complexity index is 5880. The summed E-state index contributed by atoms with van der Waals surface area (Å²) in [6.07, 6.45) is 10.1. The van der Waals surface area contributed by atoms with Gasteiger partial charge in [0.15, 0.2) is 0 Å². The predicted octanol–water partition coefficient (Wildman–Crippen LogP) is 22.4. The quantitative estimate of drug-likeness (QED) is 0.0156. The lowest BCUT2D eigenvalue weighted by Crippen LogP contribution is -2.38. The number of carbonyl (C=O) groups is 14. The first-order valence-electron chi connectivity index (χ1n) is 44.7. The number of carbonyl (C=O) groups excluding carboxylic acids is 14. The van der Waals surface area contributed by atoms with Gasteiger partial charge in [-0.05, 0) is 641 Å². The van der Waals surface area contributed by atoms with E-state index >= 15 is 0 Å². The van der Waals surface area contributed by atoms with Gasteiger partial charge in [-0.1, -0.05) is 106 Å². The Morgan fingerprint density at radius 3 is 0.797 bits per heavy atom. The first-order chi connectivity index (χ1) is 68.8. The Kier molecular flexibility index (Phi) is 69.1. The molecule has 3 aliphatic carbocycles. The molecule has 0 spiro atoms. The van der Waals surface area contributed by atoms with Gasteiger partial charge in [0, 0.05) is 162 Å². The number of esters is 7. The molecule has 49 heteroatoms. The van der Waals surface area contributed by atoms with Crippen LogP contribution in [0.5, 0.6) is 0 Å². The molecule has 6 atom stereocenters. The molecule has 0 N–H and O–H groups in total. The van der Waals surface area contributed by atoms with Gasteiger partial charge in [0.1, 0.15) is 42.2 Å². The van der Waals surface area contributed by atoms with Crippen LogP contribution in [-0.4, -0.2) is 126 Å². The zero-order valence-electron chi connectivity index (χ0n) is 79.5. The van der Waals surface area contributed by atoms with Crippen LogP contribution < -0.4 is 35.7 Å². The first kappa shape index (κ1) is 143. The lowest BCUT2D eigenvalue weighted by Gasteiger charge is -2.30. The zero-order chi connectivity index (χ0) is 112. The average molecular weight is 4400 g/mol. The maximum absolute atomic E-state index is 12.6. The van der Waals surface area contributed by atoms with Crippen molar-refractivity contribution in [3.8, 4) is 0 Å². The summed E-state index contributed by atoms with van der Waals surface area (Å²) in [5.41, 5.74) is 1.77. The highest BCUT2D eigenvalue weighted by atomic mass is 127. The maximum atomic E-state index is 12.6. The van der Waals surface area contributed by atoms with Gasteiger partial charge in [0.2, 0.25) is 0 Å². The molecule has 6 unspecified atom stereocenters. The Morgan fingerprint density at radius 1 is 0.291 bits per heavy atom. The van der Waals surface area contributed by atoms with E-state index in [4.69, 9.17) is 33.2 Å². The van der Waals surface area contributed by atoms with Crippen LogP contribution in [-0.2, 0) is 66.7 Å². The number of ether oxygens (including phenoxy) is 7. The van der Waals surface area contributed by atoms with Gasteiger partial charge in [-0.2, -0.15) is 0 Å². The number of benzene rings is 7. The second-order valence-corrected chi connectivity index (χ2v) is 59.8. The van der Waals surface area contributed by atoms with Gasteiger partial charge in [0.25, 0.3) is 0 Å². The van der Waals surface area contributed by atoms with Crippen molar-refractivity contribution in [3.63, 3.8) is 0 Å². The fourth-order valence-corrected chi connectivity index (χ4v) is 31.1. The molecular formula is C99H94I21O28-7. The van der Waals surface area contributed by atoms with Gasteiger partial charge in [-0.3, -0.25) is 0 Å².